The fourth-order valence-corrected chi connectivity index (χ4v) is 3.79. The van der Waals surface area contributed by atoms with E-state index in [1.54, 1.807) is 18.2 Å². The molecule has 4 N–H and O–H groups in total. The number of benzene rings is 2. The van der Waals surface area contributed by atoms with E-state index in [0.717, 1.165) is 55.9 Å². The van der Waals surface area contributed by atoms with Crippen LogP contribution in [0.25, 0.3) is 0 Å². The van der Waals surface area contributed by atoms with Gasteiger partial charge in [0, 0.05) is 41.8 Å². The fraction of sp³-hybridized carbons (Fsp3) is 0.417. The van der Waals surface area contributed by atoms with Crippen molar-refractivity contribution in [2.75, 3.05) is 29.0 Å². The molecule has 2 fully saturated rings. The molecule has 0 unspecified atom stereocenters. The van der Waals surface area contributed by atoms with E-state index in [9.17, 15) is 9.59 Å². The van der Waals surface area contributed by atoms with Crippen LogP contribution < -0.4 is 21.3 Å². The van der Waals surface area contributed by atoms with Gasteiger partial charge in [-0.3, -0.25) is 9.59 Å². The fourth-order valence-electron chi connectivity index (χ4n) is 3.79. The maximum Gasteiger partial charge on any atom is 0.257 e. The van der Waals surface area contributed by atoms with Gasteiger partial charge < -0.3 is 21.3 Å². The lowest BCUT2D eigenvalue weighted by atomic mass is 9.98. The number of aryl methyl sites for hydroxylation is 1. The van der Waals surface area contributed by atoms with Gasteiger partial charge in [0.05, 0.1) is 5.56 Å². The first-order valence-electron chi connectivity index (χ1n) is 10.8. The van der Waals surface area contributed by atoms with E-state index in [4.69, 9.17) is 5.73 Å². The van der Waals surface area contributed by atoms with Crippen LogP contribution in [-0.4, -0.2) is 30.9 Å². The van der Waals surface area contributed by atoms with E-state index in [1.165, 1.54) is 0 Å². The highest BCUT2D eigenvalue weighted by molar-refractivity contribution is 6.09. The molecule has 6 nitrogen and oxygen atoms in total. The number of nitrogens with one attached hydrogen (secondary N) is 2. The average Bonchev–Trinajstić information content (AvgIpc) is 3.54. The molecular weight excluding hydrogens is 376 g/mol. The minimum Gasteiger partial charge on any atom is -0.398 e. The molecule has 6 heteroatoms. The monoisotopic (exact) mass is 406 g/mol. The summed E-state index contributed by atoms with van der Waals surface area (Å²) in [6, 6.07) is 11.3. The number of rotatable bonds is 5. The van der Waals surface area contributed by atoms with Crippen LogP contribution in [-0.2, 0) is 0 Å². The minimum atomic E-state index is -0.262. The molecule has 1 saturated heterocycles. The van der Waals surface area contributed by atoms with Gasteiger partial charge in [-0.1, -0.05) is 13.0 Å². The Morgan fingerprint density at radius 1 is 1.00 bits per heavy atom. The van der Waals surface area contributed by atoms with Crippen molar-refractivity contribution in [3.8, 4) is 0 Å². The van der Waals surface area contributed by atoms with Crippen molar-refractivity contribution in [1.29, 1.82) is 0 Å². The number of carbonyl (C=O) groups is 2. The summed E-state index contributed by atoms with van der Waals surface area (Å²) >= 11 is 0. The lowest BCUT2D eigenvalue weighted by molar-refractivity contribution is 0.0949. The van der Waals surface area contributed by atoms with Gasteiger partial charge in [0.2, 0.25) is 0 Å². The van der Waals surface area contributed by atoms with E-state index in [1.807, 2.05) is 25.1 Å². The van der Waals surface area contributed by atoms with E-state index < -0.39 is 0 Å². The molecule has 1 aliphatic carbocycles. The first-order valence-corrected chi connectivity index (χ1v) is 10.8. The highest BCUT2D eigenvalue weighted by Gasteiger charge is 2.24. The van der Waals surface area contributed by atoms with Crippen LogP contribution in [0.15, 0.2) is 36.4 Å². The van der Waals surface area contributed by atoms with Crippen LogP contribution in [0, 0.1) is 12.8 Å². The first kappa shape index (κ1) is 20.3. The quantitative estimate of drug-likeness (QED) is 0.656. The van der Waals surface area contributed by atoms with Crippen molar-refractivity contribution >= 4 is 28.9 Å². The van der Waals surface area contributed by atoms with Gasteiger partial charge >= 0.3 is 0 Å². The Balaban J connectivity index is 1.52. The second kappa shape index (κ2) is 8.38. The van der Waals surface area contributed by atoms with Gasteiger partial charge in [-0.15, -0.1) is 0 Å². The smallest absolute Gasteiger partial charge is 0.257 e. The summed E-state index contributed by atoms with van der Waals surface area (Å²) in [4.78, 5) is 27.7. The van der Waals surface area contributed by atoms with E-state index >= 15 is 0 Å². The first-order chi connectivity index (χ1) is 14.4. The van der Waals surface area contributed by atoms with Gasteiger partial charge in [0.1, 0.15) is 0 Å². The molecule has 0 atom stereocenters. The zero-order valence-electron chi connectivity index (χ0n) is 17.7. The second-order valence-electron chi connectivity index (χ2n) is 8.67. The highest BCUT2D eigenvalue weighted by Crippen LogP contribution is 2.27. The molecule has 0 radical (unpaired) electrons. The molecule has 2 aromatic carbocycles. The highest BCUT2D eigenvalue weighted by atomic mass is 16.2. The molecule has 2 amide bonds. The predicted octanol–water partition coefficient (Wildman–Crippen LogP) is 3.96. The average molecular weight is 407 g/mol. The molecule has 4 rings (SSSR count). The summed E-state index contributed by atoms with van der Waals surface area (Å²) < 4.78 is 0. The maximum atomic E-state index is 13.0. The van der Waals surface area contributed by atoms with Crippen LogP contribution in [0.5, 0.6) is 0 Å². The normalized spacial score (nSPS) is 16.9. The van der Waals surface area contributed by atoms with Crippen LogP contribution in [0.1, 0.15) is 58.9 Å². The third-order valence-corrected chi connectivity index (χ3v) is 6.09. The lowest BCUT2D eigenvalue weighted by Crippen LogP contribution is -2.33. The Morgan fingerprint density at radius 3 is 2.43 bits per heavy atom. The number of nitrogens with zero attached hydrogens (tertiary/aromatic N) is 1. The number of carbonyl (C=O) groups excluding carboxylic acids is 2. The van der Waals surface area contributed by atoms with E-state index in [2.05, 4.69) is 22.5 Å². The van der Waals surface area contributed by atoms with Crippen molar-refractivity contribution in [3.63, 3.8) is 0 Å². The van der Waals surface area contributed by atoms with Crippen molar-refractivity contribution in [3.05, 3.63) is 53.1 Å². The molecule has 158 valence electrons. The Morgan fingerprint density at radius 2 is 1.73 bits per heavy atom. The third kappa shape index (κ3) is 4.58. The van der Waals surface area contributed by atoms with Crippen LogP contribution in [0.2, 0.25) is 0 Å². The number of nitrogens with two attached hydrogens (primary N) is 1. The summed E-state index contributed by atoms with van der Waals surface area (Å²) in [7, 11) is 0. The Labute approximate surface area is 177 Å². The predicted molar refractivity (Wildman–Crippen MR) is 121 cm³/mol. The Hall–Kier alpha value is -3.02. The largest absolute Gasteiger partial charge is 0.398 e. The second-order valence-corrected chi connectivity index (χ2v) is 8.67. The van der Waals surface area contributed by atoms with Crippen LogP contribution in [0.4, 0.5) is 17.1 Å². The van der Waals surface area contributed by atoms with Gasteiger partial charge in [0.25, 0.3) is 11.8 Å². The molecule has 0 bridgehead atoms. The summed E-state index contributed by atoms with van der Waals surface area (Å²) in [5, 5.41) is 5.93. The van der Waals surface area contributed by atoms with E-state index in [-0.39, 0.29) is 17.9 Å². The van der Waals surface area contributed by atoms with Crippen molar-refractivity contribution in [1.82, 2.24) is 5.32 Å². The lowest BCUT2D eigenvalue weighted by Gasteiger charge is -2.32. The van der Waals surface area contributed by atoms with Crippen LogP contribution in [0.3, 0.4) is 0 Å². The summed E-state index contributed by atoms with van der Waals surface area (Å²) in [5.41, 5.74) is 10.1. The van der Waals surface area contributed by atoms with Crippen molar-refractivity contribution in [2.24, 2.45) is 5.92 Å². The zero-order valence-corrected chi connectivity index (χ0v) is 17.7. The number of anilines is 3. The molecule has 0 aromatic heterocycles. The van der Waals surface area contributed by atoms with Crippen molar-refractivity contribution in [2.45, 2.75) is 45.6 Å². The SMILES string of the molecule is Cc1ccc(C(=O)NC2CC2)cc1NC(=O)c1cc(N2CCC(C)CC2)ccc1N. The zero-order chi connectivity index (χ0) is 21.3. The maximum absolute atomic E-state index is 13.0. The Bertz CT molecular complexity index is 960. The number of amides is 2. The standard InChI is InChI=1S/C24H30N4O2/c1-15-9-11-28(12-10-15)19-7-8-21(25)20(14-19)24(30)27-22-13-17(4-3-16(22)2)23(29)26-18-5-6-18/h3-4,7-8,13-15,18H,5-6,9-12,25H2,1-2H3,(H,26,29)(H,27,30). The molecular formula is C24H30N4O2. The number of hydrogen-bond acceptors (Lipinski definition) is 4. The number of hydrogen-bond donors (Lipinski definition) is 3. The topological polar surface area (TPSA) is 87.5 Å². The van der Waals surface area contributed by atoms with Gasteiger partial charge in [-0.25, -0.2) is 0 Å². The molecule has 1 saturated carbocycles. The summed E-state index contributed by atoms with van der Waals surface area (Å²) in [5.74, 6) is 0.376. The Kier molecular flexibility index (Phi) is 5.66. The molecule has 30 heavy (non-hydrogen) atoms. The molecule has 0 spiro atoms. The van der Waals surface area contributed by atoms with E-state index in [0.29, 0.717) is 22.5 Å². The van der Waals surface area contributed by atoms with Crippen molar-refractivity contribution < 1.29 is 9.59 Å². The van der Waals surface area contributed by atoms with Crippen LogP contribution >= 0.6 is 0 Å². The molecule has 2 aliphatic rings. The third-order valence-electron chi connectivity index (χ3n) is 6.09. The van der Waals surface area contributed by atoms with Gasteiger partial charge in [0.15, 0.2) is 0 Å². The minimum absolute atomic E-state index is 0.103. The number of piperidine rings is 1. The molecule has 2 aromatic rings. The van der Waals surface area contributed by atoms with Gasteiger partial charge in [-0.2, -0.15) is 0 Å². The summed E-state index contributed by atoms with van der Waals surface area (Å²) in [6.07, 6.45) is 4.38. The summed E-state index contributed by atoms with van der Waals surface area (Å²) in [6.45, 7) is 6.17. The molecule has 1 heterocycles. The number of nitrogen functional groups attached to an aromatic ring is 1. The molecule has 1 aliphatic heterocycles. The van der Waals surface area contributed by atoms with Gasteiger partial charge in [-0.05, 0) is 74.4 Å².